The summed E-state index contributed by atoms with van der Waals surface area (Å²) in [7, 11) is 0. The van der Waals surface area contributed by atoms with Gasteiger partial charge < -0.3 is 10.8 Å². The van der Waals surface area contributed by atoms with Crippen molar-refractivity contribution < 1.29 is 5.11 Å². The molecular formula is C28H34N2O. The highest BCUT2D eigenvalue weighted by Crippen LogP contribution is 2.27. The number of rotatable bonds is 8. The van der Waals surface area contributed by atoms with Gasteiger partial charge in [0.1, 0.15) is 5.75 Å². The van der Waals surface area contributed by atoms with Crippen LogP contribution in [-0.4, -0.2) is 10.8 Å². The Hall–Kier alpha value is -3.07. The van der Waals surface area contributed by atoms with Gasteiger partial charge in [-0.05, 0) is 95.8 Å². The zero-order valence-corrected chi connectivity index (χ0v) is 19.2. The predicted molar refractivity (Wildman–Crippen MR) is 133 cm³/mol. The summed E-state index contributed by atoms with van der Waals surface area (Å²) in [5.74, 6) is 0.276. The highest BCUT2D eigenvalue weighted by Gasteiger charge is 2.09. The fourth-order valence-corrected chi connectivity index (χ4v) is 4.06. The Kier molecular flexibility index (Phi) is 7.51. The average molecular weight is 415 g/mol. The lowest BCUT2D eigenvalue weighted by Gasteiger charge is -2.14. The molecule has 3 heteroatoms. The Balaban J connectivity index is 1.92. The molecule has 0 aliphatic carbocycles. The number of aromatic hydroxyl groups is 1. The molecule has 0 fully saturated rings. The van der Waals surface area contributed by atoms with E-state index in [1.165, 1.54) is 27.8 Å². The van der Waals surface area contributed by atoms with Crippen LogP contribution in [0.5, 0.6) is 5.75 Å². The van der Waals surface area contributed by atoms with Crippen LogP contribution in [0, 0.1) is 0 Å². The summed E-state index contributed by atoms with van der Waals surface area (Å²) < 4.78 is 0. The van der Waals surface area contributed by atoms with Gasteiger partial charge in [0.05, 0.1) is 5.69 Å². The molecule has 0 aliphatic heterocycles. The molecule has 3 N–H and O–H groups in total. The van der Waals surface area contributed by atoms with E-state index >= 15 is 0 Å². The molecule has 0 bridgehead atoms. The highest BCUT2D eigenvalue weighted by atomic mass is 16.3. The van der Waals surface area contributed by atoms with Crippen LogP contribution in [0.4, 0.5) is 11.4 Å². The third-order valence-corrected chi connectivity index (χ3v) is 5.90. The normalized spacial score (nSPS) is 11.7. The third-order valence-electron chi connectivity index (χ3n) is 5.90. The van der Waals surface area contributed by atoms with Crippen molar-refractivity contribution in [3.63, 3.8) is 0 Å². The second kappa shape index (κ2) is 10.3. The molecule has 3 aromatic rings. The van der Waals surface area contributed by atoms with Crippen LogP contribution in [0.2, 0.25) is 0 Å². The summed E-state index contributed by atoms with van der Waals surface area (Å²) in [5, 5.41) is 9.57. The zero-order chi connectivity index (χ0) is 22.4. The topological polar surface area (TPSA) is 58.6 Å². The van der Waals surface area contributed by atoms with Crippen LogP contribution >= 0.6 is 0 Å². The molecule has 0 saturated carbocycles. The van der Waals surface area contributed by atoms with E-state index in [1.54, 1.807) is 12.1 Å². The van der Waals surface area contributed by atoms with Gasteiger partial charge in [-0.3, -0.25) is 4.99 Å². The zero-order valence-electron chi connectivity index (χ0n) is 19.2. The molecule has 0 atom stereocenters. The van der Waals surface area contributed by atoms with Crippen LogP contribution in [0.1, 0.15) is 67.5 Å². The molecule has 0 saturated heterocycles. The van der Waals surface area contributed by atoms with Gasteiger partial charge >= 0.3 is 0 Å². The first-order valence-electron chi connectivity index (χ1n) is 11.4. The van der Waals surface area contributed by atoms with Crippen LogP contribution in [0.3, 0.4) is 0 Å². The van der Waals surface area contributed by atoms with Crippen molar-refractivity contribution >= 4 is 17.1 Å². The van der Waals surface area contributed by atoms with E-state index in [2.05, 4.69) is 58.0 Å². The number of anilines is 1. The van der Waals surface area contributed by atoms with E-state index in [0.29, 0.717) is 0 Å². The molecule has 162 valence electrons. The molecular weight excluding hydrogens is 380 g/mol. The Morgan fingerprint density at radius 3 is 1.90 bits per heavy atom. The van der Waals surface area contributed by atoms with Gasteiger partial charge in [-0.15, -0.1) is 0 Å². The van der Waals surface area contributed by atoms with E-state index in [1.807, 2.05) is 12.1 Å². The third kappa shape index (κ3) is 5.35. The molecule has 3 nitrogen and oxygen atoms in total. The summed E-state index contributed by atoms with van der Waals surface area (Å²) in [6.45, 7) is 8.62. The van der Waals surface area contributed by atoms with E-state index in [0.717, 1.165) is 54.8 Å². The first-order valence-corrected chi connectivity index (χ1v) is 11.4. The number of hydrogen-bond acceptors (Lipinski definition) is 3. The first kappa shape index (κ1) is 22.6. The number of benzene rings is 3. The largest absolute Gasteiger partial charge is 0.508 e. The van der Waals surface area contributed by atoms with Gasteiger partial charge in [-0.1, -0.05) is 52.0 Å². The number of aliphatic imine (C=N–C) groups is 1. The maximum absolute atomic E-state index is 9.57. The summed E-state index contributed by atoms with van der Waals surface area (Å²) in [4.78, 5) is 4.98. The smallest absolute Gasteiger partial charge is 0.115 e. The Labute approximate surface area is 186 Å². The molecule has 0 amide bonds. The van der Waals surface area contributed by atoms with Crippen molar-refractivity contribution in [1.29, 1.82) is 0 Å². The summed E-state index contributed by atoms with van der Waals surface area (Å²) in [6.07, 6.45) is 4.58. The van der Waals surface area contributed by atoms with Crippen molar-refractivity contribution in [3.05, 3.63) is 88.0 Å². The average Bonchev–Trinajstić information content (AvgIpc) is 2.79. The number of nitrogens with two attached hydrogens (primary N) is 1. The summed E-state index contributed by atoms with van der Waals surface area (Å²) >= 11 is 0. The lowest BCUT2D eigenvalue weighted by atomic mass is 9.94. The first-order chi connectivity index (χ1) is 15.0. The minimum absolute atomic E-state index is 0.276. The van der Waals surface area contributed by atoms with Crippen LogP contribution < -0.4 is 5.73 Å². The molecule has 31 heavy (non-hydrogen) atoms. The van der Waals surface area contributed by atoms with Crippen molar-refractivity contribution in [2.75, 3.05) is 5.73 Å². The number of hydrogen-bond donors (Lipinski definition) is 2. The fraction of sp³-hybridized carbons (Fsp3) is 0.321. The van der Waals surface area contributed by atoms with Crippen molar-refractivity contribution in [3.8, 4) is 5.75 Å². The van der Waals surface area contributed by atoms with Gasteiger partial charge in [-0.25, -0.2) is 0 Å². The van der Waals surface area contributed by atoms with Gasteiger partial charge in [0, 0.05) is 11.4 Å². The Morgan fingerprint density at radius 2 is 1.35 bits per heavy atom. The van der Waals surface area contributed by atoms with Gasteiger partial charge in [-0.2, -0.15) is 0 Å². The van der Waals surface area contributed by atoms with Gasteiger partial charge in [0.2, 0.25) is 0 Å². The number of phenols is 1. The molecule has 0 radical (unpaired) electrons. The van der Waals surface area contributed by atoms with E-state index in [4.69, 9.17) is 10.7 Å². The summed E-state index contributed by atoms with van der Waals surface area (Å²) in [5.41, 5.74) is 16.7. The van der Waals surface area contributed by atoms with Gasteiger partial charge in [0.15, 0.2) is 0 Å². The van der Waals surface area contributed by atoms with Crippen LogP contribution in [-0.2, 0) is 25.7 Å². The van der Waals surface area contributed by atoms with Crippen LogP contribution in [0.15, 0.2) is 59.6 Å². The number of nitrogens with zero attached hydrogens (tertiary/aromatic N) is 1. The highest BCUT2D eigenvalue weighted by molar-refractivity contribution is 6.02. The maximum atomic E-state index is 9.57. The van der Waals surface area contributed by atoms with Crippen molar-refractivity contribution in [2.24, 2.45) is 4.99 Å². The van der Waals surface area contributed by atoms with E-state index in [-0.39, 0.29) is 5.75 Å². The molecule has 0 aromatic heterocycles. The van der Waals surface area contributed by atoms with E-state index < -0.39 is 0 Å². The van der Waals surface area contributed by atoms with E-state index in [9.17, 15) is 5.11 Å². The molecule has 3 rings (SSSR count). The quantitative estimate of drug-likeness (QED) is 0.315. The Morgan fingerprint density at radius 1 is 0.774 bits per heavy atom. The number of aryl methyl sites for hydroxylation is 3. The second-order valence-corrected chi connectivity index (χ2v) is 7.99. The lowest BCUT2D eigenvalue weighted by Crippen LogP contribution is -2.02. The standard InChI is InChI=1S/C28H34N2O/c1-5-21-16-19(15-20-17-22(6-2)28(29)23(7-3)18-20)9-14-27(21)30-26(8-4)24-10-12-25(31)13-11-24/h9-14,16-18,31H,5-8,15,29H2,1-4H3. The molecule has 0 spiro atoms. The molecule has 0 heterocycles. The predicted octanol–water partition coefficient (Wildman–Crippen LogP) is 6.78. The number of phenolic OH excluding ortho intramolecular Hbond substituents is 1. The van der Waals surface area contributed by atoms with Crippen LogP contribution in [0.25, 0.3) is 0 Å². The van der Waals surface area contributed by atoms with Crippen molar-refractivity contribution in [1.82, 2.24) is 0 Å². The maximum Gasteiger partial charge on any atom is 0.115 e. The Bertz CT molecular complexity index is 1040. The fourth-order valence-electron chi connectivity index (χ4n) is 4.06. The monoisotopic (exact) mass is 414 g/mol. The molecule has 0 aliphatic rings. The second-order valence-electron chi connectivity index (χ2n) is 7.99. The molecule has 3 aromatic carbocycles. The summed E-state index contributed by atoms with van der Waals surface area (Å²) in [6, 6.07) is 18.4. The molecule has 0 unspecified atom stereocenters. The SMILES string of the molecule is CCC(=Nc1ccc(Cc2cc(CC)c(N)c(CC)c2)cc1CC)c1ccc(O)cc1. The van der Waals surface area contributed by atoms with Gasteiger partial charge in [0.25, 0.3) is 0 Å². The number of nitrogen functional groups attached to an aromatic ring is 1. The van der Waals surface area contributed by atoms with Crippen molar-refractivity contribution in [2.45, 2.75) is 59.8 Å². The minimum Gasteiger partial charge on any atom is -0.508 e. The minimum atomic E-state index is 0.276. The lowest BCUT2D eigenvalue weighted by molar-refractivity contribution is 0.475.